The summed E-state index contributed by atoms with van der Waals surface area (Å²) in [6.45, 7) is 1.52. The maximum Gasteiger partial charge on any atom is 0.253 e. The number of carbonyl (C=O) groups excluding carboxylic acids is 3. The second-order valence-corrected chi connectivity index (χ2v) is 8.13. The van der Waals surface area contributed by atoms with Gasteiger partial charge in [0.1, 0.15) is 0 Å². The number of nitrogens with zero attached hydrogens (tertiary/aromatic N) is 2. The number of hydrogen-bond acceptors (Lipinski definition) is 4. The third kappa shape index (κ3) is 5.98. The zero-order valence-electron chi connectivity index (χ0n) is 17.8. The number of rotatable bonds is 6. The van der Waals surface area contributed by atoms with Crippen LogP contribution in [0.5, 0.6) is 0 Å². The second-order valence-electron chi connectivity index (χ2n) is 7.73. The van der Waals surface area contributed by atoms with Crippen LogP contribution in [0.25, 0.3) is 0 Å². The fraction of sp³-hybridized carbons (Fsp3) is 0.348. The molecule has 2 aromatic rings. The van der Waals surface area contributed by atoms with Crippen molar-refractivity contribution >= 4 is 40.7 Å². The van der Waals surface area contributed by atoms with Gasteiger partial charge in [0.15, 0.2) is 0 Å². The number of hydrogen-bond donors (Lipinski definition) is 2. The molecule has 3 rings (SSSR count). The highest BCUT2D eigenvalue weighted by molar-refractivity contribution is 6.33. The van der Waals surface area contributed by atoms with Gasteiger partial charge in [-0.3, -0.25) is 14.4 Å². The van der Waals surface area contributed by atoms with Gasteiger partial charge in [0.2, 0.25) is 5.91 Å². The van der Waals surface area contributed by atoms with E-state index in [0.717, 1.165) is 32.4 Å². The molecular formula is C23H27ClN4O3. The van der Waals surface area contributed by atoms with E-state index in [4.69, 9.17) is 11.6 Å². The maximum absolute atomic E-state index is 12.7. The Labute approximate surface area is 187 Å². The van der Waals surface area contributed by atoms with Crippen molar-refractivity contribution in [2.24, 2.45) is 0 Å². The fourth-order valence-electron chi connectivity index (χ4n) is 3.41. The number of benzene rings is 2. The molecule has 8 heteroatoms. The van der Waals surface area contributed by atoms with E-state index in [1.165, 1.54) is 4.90 Å². The van der Waals surface area contributed by atoms with Crippen molar-refractivity contribution in [3.05, 3.63) is 58.6 Å². The summed E-state index contributed by atoms with van der Waals surface area (Å²) >= 11 is 6.25. The fourth-order valence-corrected chi connectivity index (χ4v) is 3.59. The first kappa shape index (κ1) is 22.6. The van der Waals surface area contributed by atoms with Crippen molar-refractivity contribution in [2.75, 3.05) is 44.4 Å². The lowest BCUT2D eigenvalue weighted by atomic mass is 10.1. The van der Waals surface area contributed by atoms with Crippen molar-refractivity contribution < 1.29 is 14.4 Å². The summed E-state index contributed by atoms with van der Waals surface area (Å²) in [5.74, 6) is -0.389. The Morgan fingerprint density at radius 1 is 0.968 bits per heavy atom. The Bertz CT molecular complexity index is 954. The van der Waals surface area contributed by atoms with Gasteiger partial charge in [0, 0.05) is 44.0 Å². The third-order valence-corrected chi connectivity index (χ3v) is 5.45. The molecule has 0 aromatic heterocycles. The molecule has 3 amide bonds. The molecule has 31 heavy (non-hydrogen) atoms. The second kappa shape index (κ2) is 10.3. The van der Waals surface area contributed by atoms with Gasteiger partial charge in [0.25, 0.3) is 11.8 Å². The molecule has 0 spiro atoms. The minimum absolute atomic E-state index is 0.0144. The summed E-state index contributed by atoms with van der Waals surface area (Å²) in [6, 6.07) is 11.8. The number of amides is 3. The number of anilines is 2. The van der Waals surface area contributed by atoms with Gasteiger partial charge >= 0.3 is 0 Å². The van der Waals surface area contributed by atoms with Crippen LogP contribution in [0, 0.1) is 0 Å². The van der Waals surface area contributed by atoms with Crippen LogP contribution in [0.1, 0.15) is 40.0 Å². The lowest BCUT2D eigenvalue weighted by Gasteiger charge is -2.27. The third-order valence-electron chi connectivity index (χ3n) is 5.12. The predicted molar refractivity (Wildman–Crippen MR) is 123 cm³/mol. The van der Waals surface area contributed by atoms with Gasteiger partial charge in [-0.05, 0) is 61.7 Å². The number of carbonyl (C=O) groups is 3. The van der Waals surface area contributed by atoms with Crippen molar-refractivity contribution in [3.63, 3.8) is 0 Å². The van der Waals surface area contributed by atoms with Gasteiger partial charge in [-0.1, -0.05) is 11.6 Å². The van der Waals surface area contributed by atoms with E-state index >= 15 is 0 Å². The molecule has 0 aliphatic carbocycles. The van der Waals surface area contributed by atoms with Gasteiger partial charge < -0.3 is 20.4 Å². The molecule has 7 nitrogen and oxygen atoms in total. The first-order valence-corrected chi connectivity index (χ1v) is 10.7. The maximum atomic E-state index is 12.7. The van der Waals surface area contributed by atoms with Crippen molar-refractivity contribution in [3.8, 4) is 0 Å². The zero-order chi connectivity index (χ0) is 22.4. The van der Waals surface area contributed by atoms with Gasteiger partial charge in [-0.25, -0.2) is 0 Å². The Morgan fingerprint density at radius 3 is 2.26 bits per heavy atom. The predicted octanol–water partition coefficient (Wildman–Crippen LogP) is 3.72. The van der Waals surface area contributed by atoms with Gasteiger partial charge in [0.05, 0.1) is 17.3 Å². The van der Waals surface area contributed by atoms with Gasteiger partial charge in [-0.2, -0.15) is 0 Å². The van der Waals surface area contributed by atoms with Crippen molar-refractivity contribution in [1.29, 1.82) is 0 Å². The lowest BCUT2D eigenvalue weighted by Crippen LogP contribution is -2.35. The van der Waals surface area contributed by atoms with E-state index in [-0.39, 0.29) is 24.3 Å². The molecule has 0 radical (unpaired) electrons. The van der Waals surface area contributed by atoms with Crippen molar-refractivity contribution in [2.45, 2.75) is 19.3 Å². The molecule has 0 bridgehead atoms. The summed E-state index contributed by atoms with van der Waals surface area (Å²) < 4.78 is 0. The van der Waals surface area contributed by atoms with Crippen LogP contribution in [0.3, 0.4) is 0 Å². The quantitative estimate of drug-likeness (QED) is 0.714. The van der Waals surface area contributed by atoms with Crippen LogP contribution >= 0.6 is 11.6 Å². The molecule has 2 N–H and O–H groups in total. The molecule has 1 saturated heterocycles. The van der Waals surface area contributed by atoms with Crippen molar-refractivity contribution in [1.82, 2.24) is 9.80 Å². The first-order valence-electron chi connectivity index (χ1n) is 10.3. The monoisotopic (exact) mass is 442 g/mol. The molecular weight excluding hydrogens is 416 g/mol. The summed E-state index contributed by atoms with van der Waals surface area (Å²) in [7, 11) is 3.37. The molecule has 0 atom stereocenters. The highest BCUT2D eigenvalue weighted by Gasteiger charge is 2.19. The molecule has 1 aliphatic heterocycles. The first-order chi connectivity index (χ1) is 14.8. The Kier molecular flexibility index (Phi) is 7.52. The highest BCUT2D eigenvalue weighted by Crippen LogP contribution is 2.24. The number of piperidine rings is 1. The summed E-state index contributed by atoms with van der Waals surface area (Å²) in [4.78, 5) is 40.3. The molecule has 164 valence electrons. The minimum atomic E-state index is -0.268. The van der Waals surface area contributed by atoms with E-state index in [0.29, 0.717) is 27.5 Å². The molecule has 1 aliphatic rings. The van der Waals surface area contributed by atoms with Crippen LogP contribution < -0.4 is 10.6 Å². The van der Waals surface area contributed by atoms with E-state index in [1.807, 2.05) is 4.90 Å². The number of nitrogens with one attached hydrogen (secondary N) is 2. The van der Waals surface area contributed by atoms with Gasteiger partial charge in [-0.15, -0.1) is 0 Å². The van der Waals surface area contributed by atoms with E-state index in [2.05, 4.69) is 10.6 Å². The minimum Gasteiger partial charge on any atom is -0.375 e. The smallest absolute Gasteiger partial charge is 0.253 e. The average Bonchev–Trinajstić information content (AvgIpc) is 2.78. The Hall–Kier alpha value is -3.06. The number of halogens is 1. The highest BCUT2D eigenvalue weighted by atomic mass is 35.5. The van der Waals surface area contributed by atoms with E-state index in [9.17, 15) is 14.4 Å². The van der Waals surface area contributed by atoms with E-state index in [1.54, 1.807) is 56.6 Å². The Morgan fingerprint density at radius 2 is 1.61 bits per heavy atom. The normalized spacial score (nSPS) is 13.5. The lowest BCUT2D eigenvalue weighted by molar-refractivity contribution is -0.114. The molecule has 1 fully saturated rings. The topological polar surface area (TPSA) is 81.8 Å². The van der Waals surface area contributed by atoms with Crippen LogP contribution in [0.4, 0.5) is 11.4 Å². The molecule has 1 heterocycles. The standard InChI is InChI=1S/C23H27ClN4O3/c1-27(2)22(30)16-6-9-18(10-7-16)26-21(29)15-25-20-14-17(8-11-19(20)24)23(31)28-12-4-3-5-13-28/h6-11,14,25H,3-5,12-13,15H2,1-2H3,(H,26,29). The summed E-state index contributed by atoms with van der Waals surface area (Å²) in [5.41, 5.74) is 2.22. The average molecular weight is 443 g/mol. The zero-order valence-corrected chi connectivity index (χ0v) is 18.5. The largest absolute Gasteiger partial charge is 0.375 e. The SMILES string of the molecule is CN(C)C(=O)c1ccc(NC(=O)CNc2cc(C(=O)N3CCCCC3)ccc2Cl)cc1. The van der Waals surface area contributed by atoms with Crippen LogP contribution in [0.15, 0.2) is 42.5 Å². The summed E-state index contributed by atoms with van der Waals surface area (Å²) in [6.07, 6.45) is 3.20. The molecule has 0 saturated carbocycles. The van der Waals surface area contributed by atoms with E-state index < -0.39 is 0 Å². The van der Waals surface area contributed by atoms with Crippen LogP contribution in [-0.4, -0.2) is 61.3 Å². The summed E-state index contributed by atoms with van der Waals surface area (Å²) in [5, 5.41) is 6.21. The van der Waals surface area contributed by atoms with Crippen LogP contribution in [-0.2, 0) is 4.79 Å². The Balaban J connectivity index is 1.58. The molecule has 0 unspecified atom stereocenters. The van der Waals surface area contributed by atoms with Crippen LogP contribution in [0.2, 0.25) is 5.02 Å². The molecule has 2 aromatic carbocycles. The number of likely N-dealkylation sites (tertiary alicyclic amines) is 1.